The van der Waals surface area contributed by atoms with E-state index in [4.69, 9.17) is 4.74 Å². The maximum atomic E-state index is 13.9. The lowest BCUT2D eigenvalue weighted by Crippen LogP contribution is -2.36. The van der Waals surface area contributed by atoms with E-state index in [0.717, 1.165) is 25.2 Å². The number of anilines is 1. The topological polar surface area (TPSA) is 75.6 Å². The third-order valence-electron chi connectivity index (χ3n) is 4.32. The largest absolute Gasteiger partial charge is 0.508 e. The molecule has 0 radical (unpaired) electrons. The van der Waals surface area contributed by atoms with E-state index in [9.17, 15) is 14.3 Å². The summed E-state index contributed by atoms with van der Waals surface area (Å²) in [6.45, 7) is 2.73. The molecule has 6 nitrogen and oxygen atoms in total. The molecule has 0 spiro atoms. The van der Waals surface area contributed by atoms with Gasteiger partial charge in [0.2, 0.25) is 0 Å². The minimum Gasteiger partial charge on any atom is -0.508 e. The number of ether oxygens (including phenoxy) is 1. The molecule has 1 aromatic heterocycles. The Bertz CT molecular complexity index is 987. The van der Waals surface area contributed by atoms with Gasteiger partial charge in [-0.15, -0.1) is 0 Å². The Kier molecular flexibility index (Phi) is 4.22. The number of hydrogen-bond donors (Lipinski definition) is 1. The van der Waals surface area contributed by atoms with E-state index >= 15 is 0 Å². The van der Waals surface area contributed by atoms with Crippen LogP contribution in [0.5, 0.6) is 5.75 Å². The number of rotatable bonds is 3. The molecule has 4 rings (SSSR count). The van der Waals surface area contributed by atoms with Gasteiger partial charge in [0.1, 0.15) is 17.4 Å². The van der Waals surface area contributed by atoms with Gasteiger partial charge in [0, 0.05) is 18.7 Å². The number of morpholine rings is 1. The smallest absolute Gasteiger partial charge is 0.196 e. The van der Waals surface area contributed by atoms with Crippen molar-refractivity contribution in [2.75, 3.05) is 31.2 Å². The molecule has 0 aliphatic carbocycles. The fourth-order valence-electron chi connectivity index (χ4n) is 2.93. The molecule has 0 saturated carbocycles. The van der Waals surface area contributed by atoms with Crippen LogP contribution in [0.4, 0.5) is 10.2 Å². The van der Waals surface area contributed by atoms with Crippen LogP contribution >= 0.6 is 0 Å². The normalized spacial score (nSPS) is 14.6. The molecule has 1 aliphatic heterocycles. The van der Waals surface area contributed by atoms with E-state index in [-0.39, 0.29) is 16.9 Å². The van der Waals surface area contributed by atoms with Crippen LogP contribution in [0.15, 0.2) is 42.6 Å². The predicted molar refractivity (Wildman–Crippen MR) is 94.1 cm³/mol. The molecule has 7 heteroatoms. The summed E-state index contributed by atoms with van der Waals surface area (Å²) in [5, 5.41) is 9.53. The van der Waals surface area contributed by atoms with Crippen LogP contribution in [-0.2, 0) is 4.74 Å². The molecule has 0 atom stereocenters. The Morgan fingerprint density at radius 1 is 1.12 bits per heavy atom. The van der Waals surface area contributed by atoms with E-state index in [1.807, 2.05) is 0 Å². The Labute approximate surface area is 148 Å². The first-order chi connectivity index (χ1) is 12.6. The number of halogens is 1. The standard InChI is InChI=1S/C19H16FN3O3/c20-15-3-2-13(24)10-14(15)19(25)12-1-4-16-17(9-12)22-18(11-21-16)23-5-7-26-8-6-23/h1-4,9-11,24H,5-8H2. The van der Waals surface area contributed by atoms with Gasteiger partial charge in [-0.05, 0) is 36.4 Å². The first kappa shape index (κ1) is 16.4. The summed E-state index contributed by atoms with van der Waals surface area (Å²) in [6, 6.07) is 8.25. The molecule has 2 heterocycles. The first-order valence-corrected chi connectivity index (χ1v) is 8.24. The molecule has 0 bridgehead atoms. The van der Waals surface area contributed by atoms with Gasteiger partial charge in [0.25, 0.3) is 0 Å². The van der Waals surface area contributed by atoms with Crippen LogP contribution < -0.4 is 4.90 Å². The number of phenolic OH excluding ortho intramolecular Hbond substituents is 1. The van der Waals surface area contributed by atoms with Crippen LogP contribution in [0.25, 0.3) is 11.0 Å². The van der Waals surface area contributed by atoms with Gasteiger partial charge >= 0.3 is 0 Å². The summed E-state index contributed by atoms with van der Waals surface area (Å²) in [4.78, 5) is 23.7. The zero-order chi connectivity index (χ0) is 18.1. The molecule has 1 N–H and O–H groups in total. The highest BCUT2D eigenvalue weighted by molar-refractivity contribution is 6.10. The summed E-state index contributed by atoms with van der Waals surface area (Å²) in [5.74, 6) is -0.640. The van der Waals surface area contributed by atoms with Crippen molar-refractivity contribution in [3.63, 3.8) is 0 Å². The van der Waals surface area contributed by atoms with Crippen molar-refractivity contribution in [3.05, 3.63) is 59.5 Å². The number of phenols is 1. The number of benzene rings is 2. The minimum atomic E-state index is -0.680. The number of fused-ring (bicyclic) bond motifs is 1. The number of aromatic hydroxyl groups is 1. The van der Waals surface area contributed by atoms with Crippen molar-refractivity contribution in [2.24, 2.45) is 0 Å². The quantitative estimate of drug-likeness (QED) is 0.730. The molecular formula is C19H16FN3O3. The lowest BCUT2D eigenvalue weighted by Gasteiger charge is -2.27. The van der Waals surface area contributed by atoms with Crippen molar-refractivity contribution in [2.45, 2.75) is 0 Å². The van der Waals surface area contributed by atoms with Crippen LogP contribution in [0.1, 0.15) is 15.9 Å². The number of carbonyl (C=O) groups is 1. The molecular weight excluding hydrogens is 337 g/mol. The number of aromatic nitrogens is 2. The molecule has 0 unspecified atom stereocenters. The highest BCUT2D eigenvalue weighted by Gasteiger charge is 2.17. The average Bonchev–Trinajstić information content (AvgIpc) is 2.69. The van der Waals surface area contributed by atoms with Crippen molar-refractivity contribution >= 4 is 22.6 Å². The highest BCUT2D eigenvalue weighted by atomic mass is 19.1. The first-order valence-electron chi connectivity index (χ1n) is 8.24. The van der Waals surface area contributed by atoms with Crippen LogP contribution in [0, 0.1) is 5.82 Å². The Morgan fingerprint density at radius 2 is 1.92 bits per heavy atom. The Hall–Kier alpha value is -3.06. The predicted octanol–water partition coefficient (Wildman–Crippen LogP) is 2.54. The summed E-state index contributed by atoms with van der Waals surface area (Å²) < 4.78 is 19.3. The maximum absolute atomic E-state index is 13.9. The highest BCUT2D eigenvalue weighted by Crippen LogP contribution is 2.22. The van der Waals surface area contributed by atoms with Crippen LogP contribution in [-0.4, -0.2) is 47.2 Å². The second-order valence-corrected chi connectivity index (χ2v) is 6.02. The number of carbonyl (C=O) groups excluding carboxylic acids is 1. The molecule has 0 amide bonds. The van der Waals surface area contributed by atoms with Gasteiger partial charge in [-0.3, -0.25) is 9.78 Å². The molecule has 1 saturated heterocycles. The minimum absolute atomic E-state index is 0.162. The maximum Gasteiger partial charge on any atom is 0.196 e. The van der Waals surface area contributed by atoms with Crippen molar-refractivity contribution in [1.29, 1.82) is 0 Å². The average molecular weight is 353 g/mol. The number of hydrogen-bond acceptors (Lipinski definition) is 6. The molecule has 1 fully saturated rings. The molecule has 26 heavy (non-hydrogen) atoms. The molecule has 3 aromatic rings. The van der Waals surface area contributed by atoms with E-state index in [1.54, 1.807) is 24.4 Å². The second-order valence-electron chi connectivity index (χ2n) is 6.02. The van der Waals surface area contributed by atoms with Crippen LogP contribution in [0.2, 0.25) is 0 Å². The molecule has 132 valence electrons. The van der Waals surface area contributed by atoms with Gasteiger partial charge < -0.3 is 14.7 Å². The van der Waals surface area contributed by atoms with E-state index < -0.39 is 11.6 Å². The third-order valence-corrected chi connectivity index (χ3v) is 4.32. The lowest BCUT2D eigenvalue weighted by atomic mass is 10.0. The lowest BCUT2D eigenvalue weighted by molar-refractivity contribution is 0.103. The Balaban J connectivity index is 1.71. The third kappa shape index (κ3) is 3.09. The van der Waals surface area contributed by atoms with Crippen molar-refractivity contribution in [3.8, 4) is 5.75 Å². The van der Waals surface area contributed by atoms with Gasteiger partial charge in [-0.25, -0.2) is 9.37 Å². The van der Waals surface area contributed by atoms with E-state index in [1.165, 1.54) is 6.07 Å². The molecule has 1 aliphatic rings. The summed E-state index contributed by atoms with van der Waals surface area (Å²) in [5.41, 5.74) is 1.31. The van der Waals surface area contributed by atoms with Crippen LogP contribution in [0.3, 0.4) is 0 Å². The Morgan fingerprint density at radius 3 is 2.73 bits per heavy atom. The SMILES string of the molecule is O=C(c1ccc2ncc(N3CCOCC3)nc2c1)c1cc(O)ccc1F. The zero-order valence-electron chi connectivity index (χ0n) is 13.9. The molecule has 2 aromatic carbocycles. The fourth-order valence-corrected chi connectivity index (χ4v) is 2.93. The second kappa shape index (κ2) is 6.68. The summed E-state index contributed by atoms with van der Waals surface area (Å²) >= 11 is 0. The van der Waals surface area contributed by atoms with E-state index in [0.29, 0.717) is 30.1 Å². The summed E-state index contributed by atoms with van der Waals surface area (Å²) in [7, 11) is 0. The monoisotopic (exact) mass is 353 g/mol. The fraction of sp³-hybridized carbons (Fsp3) is 0.211. The van der Waals surface area contributed by atoms with Gasteiger partial charge in [-0.2, -0.15) is 0 Å². The van der Waals surface area contributed by atoms with Gasteiger partial charge in [0.15, 0.2) is 5.78 Å². The summed E-state index contributed by atoms with van der Waals surface area (Å²) in [6.07, 6.45) is 1.70. The number of ketones is 1. The zero-order valence-corrected chi connectivity index (χ0v) is 13.9. The van der Waals surface area contributed by atoms with Crippen molar-refractivity contribution < 1.29 is 19.0 Å². The van der Waals surface area contributed by atoms with Gasteiger partial charge in [0.05, 0.1) is 36.0 Å². The van der Waals surface area contributed by atoms with Crippen molar-refractivity contribution in [1.82, 2.24) is 9.97 Å². The van der Waals surface area contributed by atoms with E-state index in [2.05, 4.69) is 14.9 Å². The number of nitrogens with zero attached hydrogens (tertiary/aromatic N) is 3. The van der Waals surface area contributed by atoms with Gasteiger partial charge in [-0.1, -0.05) is 0 Å².